The van der Waals surface area contributed by atoms with Crippen LogP contribution in [0.25, 0.3) is 0 Å². The van der Waals surface area contributed by atoms with E-state index in [2.05, 4.69) is 5.32 Å². The van der Waals surface area contributed by atoms with E-state index in [1.54, 1.807) is 37.3 Å². The van der Waals surface area contributed by atoms with Crippen LogP contribution in [-0.4, -0.2) is 44.0 Å². The van der Waals surface area contributed by atoms with Crippen molar-refractivity contribution < 1.29 is 23.5 Å². The Morgan fingerprint density at radius 1 is 1.11 bits per heavy atom. The summed E-state index contributed by atoms with van der Waals surface area (Å²) in [6.45, 7) is 0.887. The normalized spacial score (nSPS) is 12.9. The maximum Gasteiger partial charge on any atom is 0.242 e. The number of carbonyl (C=O) groups excluding carboxylic acids is 2. The van der Waals surface area contributed by atoms with Crippen molar-refractivity contribution in [2.45, 2.75) is 19.4 Å². The predicted octanol–water partition coefficient (Wildman–Crippen LogP) is 2.09. The highest BCUT2D eigenvalue weighted by Gasteiger charge is 2.23. The zero-order chi connectivity index (χ0) is 20.1. The number of halogens is 1. The molecule has 7 heteroatoms. The van der Waals surface area contributed by atoms with Crippen molar-refractivity contribution in [2.24, 2.45) is 0 Å². The summed E-state index contributed by atoms with van der Waals surface area (Å²) >= 11 is 0. The number of amides is 2. The van der Waals surface area contributed by atoms with E-state index in [0.29, 0.717) is 36.6 Å². The molecule has 1 N–H and O–H groups in total. The Bertz CT molecular complexity index is 885. The average molecular weight is 386 g/mol. The van der Waals surface area contributed by atoms with Crippen LogP contribution in [0, 0.1) is 5.82 Å². The zero-order valence-electron chi connectivity index (χ0n) is 16.0. The van der Waals surface area contributed by atoms with Gasteiger partial charge in [-0.05, 0) is 41.3 Å². The number of fused-ring (bicyclic) bond motifs is 1. The van der Waals surface area contributed by atoms with E-state index in [4.69, 9.17) is 9.47 Å². The number of hydrogen-bond acceptors (Lipinski definition) is 4. The lowest BCUT2D eigenvalue weighted by atomic mass is 9.98. The quantitative estimate of drug-likeness (QED) is 0.826. The van der Waals surface area contributed by atoms with Gasteiger partial charge in [0.1, 0.15) is 5.82 Å². The van der Waals surface area contributed by atoms with Gasteiger partial charge in [-0.15, -0.1) is 0 Å². The van der Waals surface area contributed by atoms with Crippen LogP contribution in [0.2, 0.25) is 0 Å². The Morgan fingerprint density at radius 2 is 1.79 bits per heavy atom. The van der Waals surface area contributed by atoms with Crippen molar-refractivity contribution in [3.63, 3.8) is 0 Å². The fourth-order valence-electron chi connectivity index (χ4n) is 3.26. The van der Waals surface area contributed by atoms with Gasteiger partial charge in [-0.2, -0.15) is 0 Å². The molecule has 1 aliphatic rings. The molecule has 148 valence electrons. The zero-order valence-corrected chi connectivity index (χ0v) is 16.0. The molecule has 0 fully saturated rings. The third kappa shape index (κ3) is 4.42. The molecule has 2 aromatic carbocycles. The summed E-state index contributed by atoms with van der Waals surface area (Å²) in [5, 5.41) is 2.58. The van der Waals surface area contributed by atoms with Crippen LogP contribution in [0.5, 0.6) is 11.5 Å². The maximum absolute atomic E-state index is 13.6. The van der Waals surface area contributed by atoms with Crippen molar-refractivity contribution in [1.29, 1.82) is 0 Å². The molecule has 0 atom stereocenters. The molecule has 3 rings (SSSR count). The number of hydrogen-bond donors (Lipinski definition) is 1. The molecule has 0 radical (unpaired) electrons. The molecule has 0 saturated carbocycles. The summed E-state index contributed by atoms with van der Waals surface area (Å²) in [4.78, 5) is 26.2. The minimum atomic E-state index is -0.430. The van der Waals surface area contributed by atoms with Gasteiger partial charge >= 0.3 is 0 Å². The van der Waals surface area contributed by atoms with Gasteiger partial charge in [-0.3, -0.25) is 9.59 Å². The molecule has 2 amide bonds. The lowest BCUT2D eigenvalue weighted by molar-refractivity contribution is -0.133. The second-order valence-corrected chi connectivity index (χ2v) is 6.59. The van der Waals surface area contributed by atoms with Gasteiger partial charge in [-0.1, -0.05) is 18.2 Å². The molecule has 0 unspecified atom stereocenters. The van der Waals surface area contributed by atoms with Crippen molar-refractivity contribution in [1.82, 2.24) is 10.2 Å². The second-order valence-electron chi connectivity index (χ2n) is 6.59. The molecule has 0 aromatic heterocycles. The summed E-state index contributed by atoms with van der Waals surface area (Å²) in [7, 11) is 3.16. The first-order valence-electron chi connectivity index (χ1n) is 9.03. The summed E-state index contributed by atoms with van der Waals surface area (Å²) < 4.78 is 24.3. The van der Waals surface area contributed by atoms with E-state index >= 15 is 0 Å². The average Bonchev–Trinajstić information content (AvgIpc) is 2.72. The maximum atomic E-state index is 13.6. The smallest absolute Gasteiger partial charge is 0.242 e. The monoisotopic (exact) mass is 386 g/mol. The lowest BCUT2D eigenvalue weighted by Gasteiger charge is -2.29. The van der Waals surface area contributed by atoms with Gasteiger partial charge in [0, 0.05) is 13.1 Å². The van der Waals surface area contributed by atoms with E-state index < -0.39 is 5.82 Å². The molecular weight excluding hydrogens is 363 g/mol. The van der Waals surface area contributed by atoms with Gasteiger partial charge in [0.15, 0.2) is 11.5 Å². The van der Waals surface area contributed by atoms with Crippen LogP contribution in [0.1, 0.15) is 16.7 Å². The summed E-state index contributed by atoms with van der Waals surface area (Å²) in [5.41, 5.74) is 2.42. The fourth-order valence-corrected chi connectivity index (χ4v) is 3.26. The first-order chi connectivity index (χ1) is 13.5. The van der Waals surface area contributed by atoms with Crippen LogP contribution in [-0.2, 0) is 29.0 Å². The van der Waals surface area contributed by atoms with Crippen LogP contribution < -0.4 is 14.8 Å². The number of nitrogens with zero attached hydrogens (tertiary/aromatic N) is 1. The van der Waals surface area contributed by atoms with Gasteiger partial charge in [0.25, 0.3) is 0 Å². The standard InChI is InChI=1S/C21H23FN2O4/c1-27-18-9-14-7-8-24(13-16(14)10-19(18)28-2)21(26)12-23-20(25)11-15-5-3-4-6-17(15)22/h3-6,9-10H,7-8,11-13H2,1-2H3,(H,23,25). The van der Waals surface area contributed by atoms with E-state index in [-0.39, 0.29) is 24.8 Å². The highest BCUT2D eigenvalue weighted by Crippen LogP contribution is 2.33. The van der Waals surface area contributed by atoms with Crippen molar-refractivity contribution in [2.75, 3.05) is 27.3 Å². The summed E-state index contributed by atoms with van der Waals surface area (Å²) in [6.07, 6.45) is 0.602. The first kappa shape index (κ1) is 19.7. The van der Waals surface area contributed by atoms with Crippen LogP contribution in [0.4, 0.5) is 4.39 Å². The van der Waals surface area contributed by atoms with E-state index in [1.165, 1.54) is 6.07 Å². The molecule has 2 aromatic rings. The topological polar surface area (TPSA) is 67.9 Å². The molecule has 6 nitrogen and oxygen atoms in total. The number of benzene rings is 2. The molecule has 0 saturated heterocycles. The van der Waals surface area contributed by atoms with Crippen LogP contribution >= 0.6 is 0 Å². The molecule has 28 heavy (non-hydrogen) atoms. The summed E-state index contributed by atoms with van der Waals surface area (Å²) in [6, 6.07) is 9.92. The highest BCUT2D eigenvalue weighted by molar-refractivity contribution is 5.86. The van der Waals surface area contributed by atoms with E-state index in [0.717, 1.165) is 11.1 Å². The van der Waals surface area contributed by atoms with Gasteiger partial charge in [0.2, 0.25) is 11.8 Å². The Balaban J connectivity index is 1.57. The van der Waals surface area contributed by atoms with E-state index in [1.807, 2.05) is 12.1 Å². The predicted molar refractivity (Wildman–Crippen MR) is 102 cm³/mol. The molecule has 1 aliphatic heterocycles. The van der Waals surface area contributed by atoms with Gasteiger partial charge < -0.3 is 19.7 Å². The second kappa shape index (κ2) is 8.73. The number of methoxy groups -OCH3 is 2. The van der Waals surface area contributed by atoms with Crippen molar-refractivity contribution >= 4 is 11.8 Å². The first-order valence-corrected chi connectivity index (χ1v) is 9.03. The van der Waals surface area contributed by atoms with Gasteiger partial charge in [-0.25, -0.2) is 4.39 Å². The molecule has 0 spiro atoms. The van der Waals surface area contributed by atoms with Crippen LogP contribution in [0.3, 0.4) is 0 Å². The number of nitrogens with one attached hydrogen (secondary N) is 1. The SMILES string of the molecule is COc1cc2c(cc1OC)CN(C(=O)CNC(=O)Cc1ccccc1F)CC2. The van der Waals surface area contributed by atoms with E-state index in [9.17, 15) is 14.0 Å². The largest absolute Gasteiger partial charge is 0.493 e. The third-order valence-corrected chi connectivity index (χ3v) is 4.82. The molecule has 1 heterocycles. The van der Waals surface area contributed by atoms with Gasteiger partial charge in [0.05, 0.1) is 27.2 Å². The Labute approximate surface area is 163 Å². The van der Waals surface area contributed by atoms with Crippen molar-refractivity contribution in [3.8, 4) is 11.5 Å². The Kier molecular flexibility index (Phi) is 6.13. The third-order valence-electron chi connectivity index (χ3n) is 4.82. The molecule has 0 bridgehead atoms. The Morgan fingerprint density at radius 3 is 2.46 bits per heavy atom. The molecular formula is C21H23FN2O4. The minimum Gasteiger partial charge on any atom is -0.493 e. The number of carbonyl (C=O) groups is 2. The number of rotatable bonds is 6. The Hall–Kier alpha value is -3.09. The van der Waals surface area contributed by atoms with Crippen LogP contribution in [0.15, 0.2) is 36.4 Å². The summed E-state index contributed by atoms with van der Waals surface area (Å²) in [5.74, 6) is 0.292. The lowest BCUT2D eigenvalue weighted by Crippen LogP contribution is -2.42. The van der Waals surface area contributed by atoms with Crippen molar-refractivity contribution in [3.05, 3.63) is 58.9 Å². The highest BCUT2D eigenvalue weighted by atomic mass is 19.1. The minimum absolute atomic E-state index is 0.0974. The molecule has 0 aliphatic carbocycles. The number of ether oxygens (including phenoxy) is 2. The fraction of sp³-hybridized carbons (Fsp3) is 0.333.